The highest BCUT2D eigenvalue weighted by atomic mass is 79.9. The smallest absolute Gasteiger partial charge is 0.258 e. The molecule has 0 aliphatic rings. The molecular weight excluding hydrogens is 532 g/mol. The number of nitrogens with zero attached hydrogens (tertiary/aromatic N) is 2. The summed E-state index contributed by atoms with van der Waals surface area (Å²) in [6.45, 7) is 0. The molecule has 0 aromatic heterocycles. The first-order chi connectivity index (χ1) is 13.3. The van der Waals surface area contributed by atoms with Crippen LogP contribution in [0.4, 0.5) is 11.4 Å². The molecule has 0 N–H and O–H groups in total. The Bertz CT molecular complexity index is 1040. The first-order valence-corrected chi connectivity index (χ1v) is 10.9. The molecule has 0 fully saturated rings. The Morgan fingerprint density at radius 2 is 1.21 bits per heavy atom. The Labute approximate surface area is 185 Å². The number of nitro benzene ring substituents is 2. The van der Waals surface area contributed by atoms with Crippen LogP contribution in [0.3, 0.4) is 0 Å². The van der Waals surface area contributed by atoms with Crippen molar-refractivity contribution in [1.82, 2.24) is 0 Å². The summed E-state index contributed by atoms with van der Waals surface area (Å²) in [7, 11) is 0. The van der Waals surface area contributed by atoms with Gasteiger partial charge in [0.15, 0.2) is 0 Å². The Hall–Kier alpha value is -1.88. The fourth-order valence-electron chi connectivity index (χ4n) is 2.24. The second-order valence-corrected chi connectivity index (χ2v) is 9.45. The molecule has 6 nitrogen and oxygen atoms in total. The van der Waals surface area contributed by atoms with Crippen LogP contribution in [0, 0.1) is 20.2 Å². The van der Waals surface area contributed by atoms with E-state index in [4.69, 9.17) is 0 Å². The molecule has 0 heterocycles. The molecule has 0 bridgehead atoms. The Balaban J connectivity index is 2.12. The Morgan fingerprint density at radius 1 is 0.714 bits per heavy atom. The molecule has 142 valence electrons. The third-order valence-corrected chi connectivity index (χ3v) is 6.88. The maximum absolute atomic E-state index is 11.6. The van der Waals surface area contributed by atoms with E-state index >= 15 is 0 Å². The number of non-ortho nitro benzene ring substituents is 1. The quantitative estimate of drug-likeness (QED) is 0.240. The highest BCUT2D eigenvalue weighted by Gasteiger charge is 2.25. The van der Waals surface area contributed by atoms with Crippen LogP contribution in [0.15, 0.2) is 89.2 Å². The maximum Gasteiger partial charge on any atom is 0.291 e. The zero-order valence-electron chi connectivity index (χ0n) is 13.9. The molecule has 0 aliphatic heterocycles. The van der Waals surface area contributed by atoms with Crippen molar-refractivity contribution in [3.05, 3.63) is 89.8 Å². The number of hydrogen-bond donors (Lipinski definition) is 0. The monoisotopic (exact) mass is 540 g/mol. The summed E-state index contributed by atoms with van der Waals surface area (Å²) in [4.78, 5) is 24.1. The lowest BCUT2D eigenvalue weighted by molar-refractivity contribution is -0.396. The molecule has 0 unspecified atom stereocenters. The van der Waals surface area contributed by atoms with Crippen LogP contribution in [-0.4, -0.2) is 9.85 Å². The molecule has 3 aromatic carbocycles. The summed E-state index contributed by atoms with van der Waals surface area (Å²) in [5.41, 5.74) is -0.604. The van der Waals surface area contributed by atoms with Crippen LogP contribution >= 0.6 is 55.4 Å². The summed E-state index contributed by atoms with van der Waals surface area (Å²) in [6, 6.07) is 17.1. The zero-order valence-corrected chi connectivity index (χ0v) is 18.7. The van der Waals surface area contributed by atoms with Gasteiger partial charge in [-0.3, -0.25) is 20.2 Å². The van der Waals surface area contributed by atoms with Gasteiger partial charge in [-0.25, -0.2) is 0 Å². The molecule has 0 radical (unpaired) electrons. The molecular formula is C18H10Br2N2O4S2. The standard InChI is InChI=1S/C18H10Br2N2O4S2/c19-11-1-5-14(6-2-11)27-17-10-13(21(23)24)9-16(22(25)26)18(17)28-15-7-3-12(20)4-8-15/h1-10H. The molecule has 0 saturated carbocycles. The van der Waals surface area contributed by atoms with Crippen molar-refractivity contribution in [1.29, 1.82) is 0 Å². The van der Waals surface area contributed by atoms with Crippen molar-refractivity contribution in [2.24, 2.45) is 0 Å². The minimum atomic E-state index is -0.618. The first-order valence-electron chi connectivity index (χ1n) is 7.67. The normalized spacial score (nSPS) is 10.6. The van der Waals surface area contributed by atoms with Crippen LogP contribution in [0.25, 0.3) is 0 Å². The van der Waals surface area contributed by atoms with Crippen molar-refractivity contribution in [2.75, 3.05) is 0 Å². The fourth-order valence-corrected chi connectivity index (χ4v) is 4.83. The van der Waals surface area contributed by atoms with Crippen molar-refractivity contribution >= 4 is 66.8 Å². The van der Waals surface area contributed by atoms with Crippen molar-refractivity contribution in [2.45, 2.75) is 19.6 Å². The number of benzene rings is 3. The summed E-state index contributed by atoms with van der Waals surface area (Å²) < 4.78 is 1.78. The van der Waals surface area contributed by atoms with Gasteiger partial charge in [0, 0.05) is 29.7 Å². The van der Waals surface area contributed by atoms with E-state index in [1.54, 1.807) is 0 Å². The van der Waals surface area contributed by atoms with E-state index in [1.165, 1.54) is 29.6 Å². The van der Waals surface area contributed by atoms with Crippen molar-refractivity contribution in [3.63, 3.8) is 0 Å². The number of rotatable bonds is 6. The molecule has 0 atom stereocenters. The minimum absolute atomic E-state index is 0.290. The van der Waals surface area contributed by atoms with E-state index in [1.807, 2.05) is 48.5 Å². The summed E-state index contributed by atoms with van der Waals surface area (Å²) in [6.07, 6.45) is 0. The van der Waals surface area contributed by atoms with Crippen LogP contribution in [0.1, 0.15) is 0 Å². The molecule has 0 saturated heterocycles. The second-order valence-electron chi connectivity index (χ2n) is 5.42. The summed E-state index contributed by atoms with van der Waals surface area (Å²) >= 11 is 9.17. The van der Waals surface area contributed by atoms with Gasteiger partial charge in [0.1, 0.15) is 4.90 Å². The van der Waals surface area contributed by atoms with Crippen LogP contribution in [-0.2, 0) is 0 Å². The third kappa shape index (κ3) is 5.13. The molecule has 10 heteroatoms. The van der Waals surface area contributed by atoms with E-state index in [2.05, 4.69) is 31.9 Å². The highest BCUT2D eigenvalue weighted by Crippen LogP contribution is 2.46. The van der Waals surface area contributed by atoms with Gasteiger partial charge in [-0.05, 0) is 48.5 Å². The first kappa shape index (κ1) is 20.8. The van der Waals surface area contributed by atoms with Crippen molar-refractivity contribution < 1.29 is 9.85 Å². The topological polar surface area (TPSA) is 86.3 Å². The van der Waals surface area contributed by atoms with Gasteiger partial charge < -0.3 is 0 Å². The van der Waals surface area contributed by atoms with Gasteiger partial charge >= 0.3 is 0 Å². The number of nitro groups is 2. The van der Waals surface area contributed by atoms with Gasteiger partial charge in [0.2, 0.25) is 0 Å². The van der Waals surface area contributed by atoms with Crippen LogP contribution in [0.2, 0.25) is 0 Å². The van der Waals surface area contributed by atoms with Gasteiger partial charge in [-0.1, -0.05) is 55.4 Å². The van der Waals surface area contributed by atoms with Crippen molar-refractivity contribution in [3.8, 4) is 0 Å². The van der Waals surface area contributed by atoms with E-state index in [9.17, 15) is 20.2 Å². The van der Waals surface area contributed by atoms with Crippen LogP contribution in [0.5, 0.6) is 0 Å². The molecule has 0 aliphatic carbocycles. The largest absolute Gasteiger partial charge is 0.291 e. The van der Waals surface area contributed by atoms with E-state index in [0.717, 1.165) is 24.8 Å². The molecule has 0 spiro atoms. The Morgan fingerprint density at radius 3 is 1.68 bits per heavy atom. The fraction of sp³-hybridized carbons (Fsp3) is 0. The van der Waals surface area contributed by atoms with E-state index in [0.29, 0.717) is 9.79 Å². The summed E-state index contributed by atoms with van der Waals surface area (Å²) in [5, 5.41) is 22.9. The average Bonchev–Trinajstić information content (AvgIpc) is 2.66. The molecule has 3 aromatic rings. The zero-order chi connectivity index (χ0) is 20.3. The highest BCUT2D eigenvalue weighted by molar-refractivity contribution is 9.10. The molecule has 3 rings (SSSR count). The lowest BCUT2D eigenvalue weighted by atomic mass is 10.3. The SMILES string of the molecule is O=[N+]([O-])c1cc(Sc2ccc(Br)cc2)c(Sc2ccc(Br)cc2)c([N+](=O)[O-])c1. The summed E-state index contributed by atoms with van der Waals surface area (Å²) in [5.74, 6) is 0. The molecule has 0 amide bonds. The third-order valence-electron chi connectivity index (χ3n) is 3.50. The second kappa shape index (κ2) is 9.08. The van der Waals surface area contributed by atoms with Gasteiger partial charge in [-0.2, -0.15) is 0 Å². The lowest BCUT2D eigenvalue weighted by Gasteiger charge is -2.10. The van der Waals surface area contributed by atoms with Gasteiger partial charge in [0.25, 0.3) is 11.4 Å². The van der Waals surface area contributed by atoms with E-state index < -0.39 is 9.85 Å². The number of halogens is 2. The predicted octanol–water partition coefficient (Wildman–Crippen LogP) is 7.33. The average molecular weight is 542 g/mol. The lowest BCUT2D eigenvalue weighted by Crippen LogP contribution is -1.97. The minimum Gasteiger partial charge on any atom is -0.258 e. The van der Waals surface area contributed by atoms with Gasteiger partial charge in [0.05, 0.1) is 15.9 Å². The Kier molecular flexibility index (Phi) is 6.76. The van der Waals surface area contributed by atoms with E-state index in [-0.39, 0.29) is 11.4 Å². The van der Waals surface area contributed by atoms with Gasteiger partial charge in [-0.15, -0.1) is 0 Å². The van der Waals surface area contributed by atoms with Crippen LogP contribution < -0.4 is 0 Å². The molecule has 28 heavy (non-hydrogen) atoms. The maximum atomic E-state index is 11.6. The predicted molar refractivity (Wildman–Crippen MR) is 116 cm³/mol. The number of hydrogen-bond acceptors (Lipinski definition) is 6.